The summed E-state index contributed by atoms with van der Waals surface area (Å²) >= 11 is 0. The molecule has 3 heteroatoms. The van der Waals surface area contributed by atoms with Gasteiger partial charge in [-0.05, 0) is 36.0 Å². The number of aliphatic hydroxyl groups is 2. The van der Waals surface area contributed by atoms with E-state index in [0.717, 1.165) is 5.92 Å². The molecule has 2 aliphatic rings. The molecule has 16 heavy (non-hydrogen) atoms. The lowest BCUT2D eigenvalue weighted by atomic mass is 9.69. The highest BCUT2D eigenvalue weighted by molar-refractivity contribution is 5.12. The van der Waals surface area contributed by atoms with Crippen LogP contribution in [0.25, 0.3) is 0 Å². The van der Waals surface area contributed by atoms with E-state index in [0.29, 0.717) is 23.4 Å². The molecular formula is C13H25NO2. The van der Waals surface area contributed by atoms with Gasteiger partial charge in [-0.2, -0.15) is 0 Å². The second kappa shape index (κ2) is 3.97. The van der Waals surface area contributed by atoms with Gasteiger partial charge in [-0.15, -0.1) is 0 Å². The first-order valence-corrected chi connectivity index (χ1v) is 6.44. The van der Waals surface area contributed by atoms with Crippen molar-refractivity contribution in [3.63, 3.8) is 0 Å². The van der Waals surface area contributed by atoms with Crippen LogP contribution in [0.3, 0.4) is 0 Å². The highest BCUT2D eigenvalue weighted by atomic mass is 16.3. The van der Waals surface area contributed by atoms with E-state index in [2.05, 4.69) is 26.1 Å². The lowest BCUT2D eigenvalue weighted by molar-refractivity contribution is 0.0751. The summed E-state index contributed by atoms with van der Waals surface area (Å²) in [5, 5.41) is 21.7. The summed E-state index contributed by atoms with van der Waals surface area (Å²) in [6.07, 6.45) is 3.24. The highest BCUT2D eigenvalue weighted by Gasteiger charge is 2.60. The molecule has 0 radical (unpaired) electrons. The number of hydrogen-bond donors (Lipinski definition) is 3. The molecular weight excluding hydrogens is 202 g/mol. The lowest BCUT2D eigenvalue weighted by Gasteiger charge is -2.40. The van der Waals surface area contributed by atoms with E-state index in [-0.39, 0.29) is 6.61 Å². The first kappa shape index (κ1) is 12.3. The van der Waals surface area contributed by atoms with Gasteiger partial charge in [0.25, 0.3) is 0 Å². The van der Waals surface area contributed by atoms with Crippen LogP contribution >= 0.6 is 0 Å². The van der Waals surface area contributed by atoms with Gasteiger partial charge in [0.05, 0.1) is 12.7 Å². The van der Waals surface area contributed by atoms with Crippen molar-refractivity contribution in [2.24, 2.45) is 16.7 Å². The Morgan fingerprint density at radius 1 is 1.38 bits per heavy atom. The maximum atomic E-state index is 9.39. The van der Waals surface area contributed by atoms with E-state index in [9.17, 15) is 5.11 Å². The molecule has 0 heterocycles. The number of aliphatic hydroxyl groups excluding tert-OH is 2. The number of fused-ring (bicyclic) bond motifs is 2. The Kier molecular flexibility index (Phi) is 3.06. The van der Waals surface area contributed by atoms with Crippen molar-refractivity contribution in [3.05, 3.63) is 0 Å². The summed E-state index contributed by atoms with van der Waals surface area (Å²) in [7, 11) is 0. The molecule has 0 amide bonds. The molecule has 0 aromatic rings. The predicted octanol–water partition coefficient (Wildman–Crippen LogP) is 1.14. The zero-order valence-electron chi connectivity index (χ0n) is 10.7. The summed E-state index contributed by atoms with van der Waals surface area (Å²) in [4.78, 5) is 0. The molecule has 2 aliphatic carbocycles. The quantitative estimate of drug-likeness (QED) is 0.675. The standard InChI is InChI=1S/C13H25NO2/c1-12(2)9-4-5-13(12,3)11(6-9)14-7-10(16)8-15/h9-11,14-16H,4-8H2,1-3H3. The smallest absolute Gasteiger partial charge is 0.0895 e. The Morgan fingerprint density at radius 3 is 2.50 bits per heavy atom. The van der Waals surface area contributed by atoms with Crippen LogP contribution in [0.1, 0.15) is 40.0 Å². The molecule has 0 saturated heterocycles. The SMILES string of the molecule is CC1(C)C2CCC1(C)C(NCC(O)CO)C2. The minimum absolute atomic E-state index is 0.150. The molecule has 2 rings (SSSR count). The van der Waals surface area contributed by atoms with Crippen LogP contribution in [0.15, 0.2) is 0 Å². The van der Waals surface area contributed by atoms with Crippen LogP contribution in [0.5, 0.6) is 0 Å². The summed E-state index contributed by atoms with van der Waals surface area (Å²) < 4.78 is 0. The Labute approximate surface area is 98.2 Å². The number of nitrogens with one attached hydrogen (secondary N) is 1. The van der Waals surface area contributed by atoms with Gasteiger partial charge in [0.1, 0.15) is 0 Å². The second-order valence-electron chi connectivity index (χ2n) is 6.41. The zero-order chi connectivity index (χ0) is 12.0. The summed E-state index contributed by atoms with van der Waals surface area (Å²) in [6.45, 7) is 7.51. The van der Waals surface area contributed by atoms with Gasteiger partial charge in [-0.25, -0.2) is 0 Å². The van der Waals surface area contributed by atoms with E-state index in [1.165, 1.54) is 19.3 Å². The van der Waals surface area contributed by atoms with Gasteiger partial charge >= 0.3 is 0 Å². The number of hydrogen-bond acceptors (Lipinski definition) is 3. The minimum Gasteiger partial charge on any atom is -0.394 e. The first-order chi connectivity index (χ1) is 7.41. The van der Waals surface area contributed by atoms with Gasteiger partial charge in [0, 0.05) is 12.6 Å². The molecule has 2 saturated carbocycles. The predicted molar refractivity (Wildman–Crippen MR) is 64.1 cm³/mol. The van der Waals surface area contributed by atoms with Crippen LogP contribution < -0.4 is 5.32 Å². The fourth-order valence-electron chi connectivity index (χ4n) is 3.86. The Balaban J connectivity index is 1.99. The first-order valence-electron chi connectivity index (χ1n) is 6.44. The molecule has 0 aliphatic heterocycles. The van der Waals surface area contributed by atoms with Crippen LogP contribution in [0.4, 0.5) is 0 Å². The molecule has 2 fully saturated rings. The third-order valence-electron chi connectivity index (χ3n) is 5.60. The highest BCUT2D eigenvalue weighted by Crippen LogP contribution is 2.65. The van der Waals surface area contributed by atoms with Gasteiger partial charge in [-0.1, -0.05) is 20.8 Å². The van der Waals surface area contributed by atoms with E-state index >= 15 is 0 Å². The summed E-state index contributed by atoms with van der Waals surface area (Å²) in [5.74, 6) is 0.821. The van der Waals surface area contributed by atoms with Crippen molar-refractivity contribution in [3.8, 4) is 0 Å². The monoisotopic (exact) mass is 227 g/mol. The maximum Gasteiger partial charge on any atom is 0.0895 e. The van der Waals surface area contributed by atoms with Crippen molar-refractivity contribution in [1.29, 1.82) is 0 Å². The Hall–Kier alpha value is -0.120. The fourth-order valence-corrected chi connectivity index (χ4v) is 3.86. The third-order valence-corrected chi connectivity index (χ3v) is 5.60. The molecule has 0 spiro atoms. The van der Waals surface area contributed by atoms with Crippen molar-refractivity contribution in [1.82, 2.24) is 5.32 Å². The largest absolute Gasteiger partial charge is 0.394 e. The van der Waals surface area contributed by atoms with Crippen molar-refractivity contribution < 1.29 is 10.2 Å². The average molecular weight is 227 g/mol. The molecule has 4 unspecified atom stereocenters. The van der Waals surface area contributed by atoms with E-state index in [1.807, 2.05) is 0 Å². The molecule has 0 aromatic heterocycles. The van der Waals surface area contributed by atoms with Crippen molar-refractivity contribution in [2.75, 3.05) is 13.2 Å². The third kappa shape index (κ3) is 1.60. The second-order valence-corrected chi connectivity index (χ2v) is 6.41. The molecule has 3 N–H and O–H groups in total. The van der Waals surface area contributed by atoms with Crippen molar-refractivity contribution >= 4 is 0 Å². The van der Waals surface area contributed by atoms with Crippen LogP contribution in [-0.2, 0) is 0 Å². The van der Waals surface area contributed by atoms with E-state index < -0.39 is 6.10 Å². The molecule has 0 aromatic carbocycles. The van der Waals surface area contributed by atoms with Crippen LogP contribution in [0, 0.1) is 16.7 Å². The number of rotatable bonds is 4. The van der Waals surface area contributed by atoms with Gasteiger partial charge in [0.2, 0.25) is 0 Å². The topological polar surface area (TPSA) is 52.5 Å². The van der Waals surface area contributed by atoms with Crippen molar-refractivity contribution in [2.45, 2.75) is 52.2 Å². The van der Waals surface area contributed by atoms with E-state index in [4.69, 9.17) is 5.11 Å². The van der Waals surface area contributed by atoms with E-state index in [1.54, 1.807) is 0 Å². The maximum absolute atomic E-state index is 9.39. The molecule has 2 bridgehead atoms. The van der Waals surface area contributed by atoms with Gasteiger partial charge < -0.3 is 15.5 Å². The zero-order valence-corrected chi connectivity index (χ0v) is 10.7. The minimum atomic E-state index is -0.620. The average Bonchev–Trinajstić information content (AvgIpc) is 2.58. The van der Waals surface area contributed by atoms with Crippen LogP contribution in [-0.4, -0.2) is 35.5 Å². The Bertz CT molecular complexity index is 267. The normalized spacial score (nSPS) is 42.6. The fraction of sp³-hybridized carbons (Fsp3) is 1.00. The van der Waals surface area contributed by atoms with Gasteiger partial charge in [0.15, 0.2) is 0 Å². The molecule has 3 nitrogen and oxygen atoms in total. The Morgan fingerprint density at radius 2 is 2.06 bits per heavy atom. The van der Waals surface area contributed by atoms with Gasteiger partial charge in [-0.3, -0.25) is 0 Å². The lowest BCUT2D eigenvalue weighted by Crippen LogP contribution is -2.47. The van der Waals surface area contributed by atoms with Crippen LogP contribution in [0.2, 0.25) is 0 Å². The molecule has 94 valence electrons. The summed E-state index contributed by atoms with van der Waals surface area (Å²) in [5.41, 5.74) is 0.766. The summed E-state index contributed by atoms with van der Waals surface area (Å²) in [6, 6.07) is 0.502. The molecule has 4 atom stereocenters.